The second kappa shape index (κ2) is 11.6. The monoisotopic (exact) mass is 596 g/mol. The Kier molecular flexibility index (Phi) is 7.71. The van der Waals surface area contributed by atoms with Gasteiger partial charge in [-0.1, -0.05) is 54.9 Å². The molecule has 2 heterocycles. The maximum Gasteiger partial charge on any atom is 0.339 e. The van der Waals surface area contributed by atoms with E-state index in [1.807, 2.05) is 0 Å². The lowest BCUT2D eigenvalue weighted by atomic mass is 9.76. The van der Waals surface area contributed by atoms with Crippen molar-refractivity contribution >= 4 is 51.8 Å². The summed E-state index contributed by atoms with van der Waals surface area (Å²) in [6, 6.07) is 20.3. The molecule has 218 valence electrons. The average molecular weight is 597 g/mol. The molecule has 2 fully saturated rings. The van der Waals surface area contributed by atoms with Gasteiger partial charge in [-0.25, -0.2) is 9.78 Å². The minimum Gasteiger partial charge on any atom is -0.497 e. The average Bonchev–Trinajstić information content (AvgIpc) is 3.27. The number of carbonyl (C=O) groups excluding carboxylic acids is 4. The number of nitrogens with zero attached hydrogens (tertiary/aromatic N) is 2. The quantitative estimate of drug-likeness (QED) is 0.136. The maximum absolute atomic E-state index is 13.3. The van der Waals surface area contributed by atoms with Crippen molar-refractivity contribution in [2.75, 3.05) is 18.6 Å². The Hall–Kier alpha value is -4.56. The first kappa shape index (κ1) is 28.6. The van der Waals surface area contributed by atoms with Gasteiger partial charge in [0.2, 0.25) is 11.8 Å². The molecule has 2 aliphatic rings. The first-order valence-electron chi connectivity index (χ1n) is 14.2. The van der Waals surface area contributed by atoms with Gasteiger partial charge in [0.05, 0.1) is 46.4 Å². The van der Waals surface area contributed by atoms with Gasteiger partial charge in [-0.2, -0.15) is 0 Å². The molecule has 2 amide bonds. The van der Waals surface area contributed by atoms with Crippen molar-refractivity contribution in [3.63, 3.8) is 0 Å². The Morgan fingerprint density at radius 2 is 1.70 bits per heavy atom. The minimum absolute atomic E-state index is 0.140. The number of anilines is 1. The zero-order valence-electron chi connectivity index (χ0n) is 23.7. The number of esters is 1. The number of ketones is 1. The molecule has 4 aromatic rings. The van der Waals surface area contributed by atoms with Crippen LogP contribution in [0.2, 0.25) is 5.02 Å². The van der Waals surface area contributed by atoms with Gasteiger partial charge in [0.15, 0.2) is 12.4 Å². The van der Waals surface area contributed by atoms with E-state index in [0.29, 0.717) is 50.1 Å². The molecular formula is C34H29ClN2O6. The van der Waals surface area contributed by atoms with Crippen molar-refractivity contribution in [3.8, 4) is 17.0 Å². The van der Waals surface area contributed by atoms with Gasteiger partial charge in [-0.15, -0.1) is 0 Å². The van der Waals surface area contributed by atoms with Crippen LogP contribution in [-0.4, -0.2) is 42.3 Å². The lowest BCUT2D eigenvalue weighted by molar-refractivity contribution is -0.122. The van der Waals surface area contributed by atoms with Crippen LogP contribution in [-0.2, 0) is 14.3 Å². The van der Waals surface area contributed by atoms with E-state index in [-0.39, 0.29) is 35.0 Å². The third-order valence-electron chi connectivity index (χ3n) is 8.35. The van der Waals surface area contributed by atoms with E-state index in [0.717, 1.165) is 19.3 Å². The number of imide groups is 1. The third-order valence-corrected chi connectivity index (χ3v) is 8.65. The molecule has 3 atom stereocenters. The molecular weight excluding hydrogens is 568 g/mol. The fraction of sp³-hybridized carbons (Fsp3) is 0.265. The molecule has 43 heavy (non-hydrogen) atoms. The highest BCUT2D eigenvalue weighted by molar-refractivity contribution is 6.35. The number of benzene rings is 3. The number of hydrogen-bond donors (Lipinski definition) is 0. The van der Waals surface area contributed by atoms with E-state index in [1.54, 1.807) is 72.8 Å². The number of halogens is 1. The van der Waals surface area contributed by atoms with Crippen LogP contribution in [0, 0.1) is 17.8 Å². The second-order valence-corrected chi connectivity index (χ2v) is 11.5. The molecule has 3 aromatic carbocycles. The molecule has 6 rings (SSSR count). The van der Waals surface area contributed by atoms with Gasteiger partial charge >= 0.3 is 5.97 Å². The van der Waals surface area contributed by atoms with Crippen molar-refractivity contribution in [2.45, 2.75) is 26.2 Å². The molecule has 9 heteroatoms. The van der Waals surface area contributed by atoms with Crippen molar-refractivity contribution in [2.24, 2.45) is 17.8 Å². The first-order chi connectivity index (χ1) is 20.7. The van der Waals surface area contributed by atoms with Gasteiger partial charge < -0.3 is 9.47 Å². The largest absolute Gasteiger partial charge is 0.497 e. The predicted molar refractivity (Wildman–Crippen MR) is 162 cm³/mol. The van der Waals surface area contributed by atoms with Gasteiger partial charge in [0.1, 0.15) is 5.75 Å². The van der Waals surface area contributed by atoms with Crippen LogP contribution in [0.15, 0.2) is 72.8 Å². The molecule has 1 aliphatic carbocycles. The summed E-state index contributed by atoms with van der Waals surface area (Å²) in [4.78, 5) is 58.4. The zero-order chi connectivity index (χ0) is 30.2. The lowest BCUT2D eigenvalue weighted by Gasteiger charge is -2.25. The zero-order valence-corrected chi connectivity index (χ0v) is 24.5. The molecule has 3 unspecified atom stereocenters. The summed E-state index contributed by atoms with van der Waals surface area (Å²) in [6.07, 6.45) is 2.41. The summed E-state index contributed by atoms with van der Waals surface area (Å²) in [5, 5.41) is 0.833. The molecule has 8 nitrogen and oxygen atoms in total. The number of hydrogen-bond acceptors (Lipinski definition) is 7. The van der Waals surface area contributed by atoms with E-state index >= 15 is 0 Å². The minimum atomic E-state index is -0.700. The van der Waals surface area contributed by atoms with Gasteiger partial charge in [0.25, 0.3) is 0 Å². The normalized spacial score (nSPS) is 19.8. The van der Waals surface area contributed by atoms with E-state index in [1.165, 1.54) is 12.0 Å². The van der Waals surface area contributed by atoms with Crippen LogP contribution >= 0.6 is 11.6 Å². The molecule has 0 N–H and O–H groups in total. The topological polar surface area (TPSA) is 103 Å². The van der Waals surface area contributed by atoms with Gasteiger partial charge in [-0.05, 0) is 61.6 Å². The Morgan fingerprint density at radius 1 is 0.953 bits per heavy atom. The molecule has 1 aliphatic heterocycles. The molecule has 0 bridgehead atoms. The lowest BCUT2D eigenvalue weighted by Crippen LogP contribution is -2.30. The number of aromatic nitrogens is 1. The Morgan fingerprint density at radius 3 is 2.47 bits per heavy atom. The molecule has 0 spiro atoms. The highest BCUT2D eigenvalue weighted by Crippen LogP contribution is 2.42. The van der Waals surface area contributed by atoms with E-state index in [2.05, 4.69) is 6.92 Å². The number of ether oxygens (including phenoxy) is 2. The van der Waals surface area contributed by atoms with Crippen LogP contribution in [0.4, 0.5) is 5.69 Å². The van der Waals surface area contributed by atoms with E-state index in [9.17, 15) is 19.2 Å². The third kappa shape index (κ3) is 5.39. The Bertz CT molecular complexity index is 1770. The molecule has 0 radical (unpaired) electrons. The van der Waals surface area contributed by atoms with Crippen molar-refractivity contribution in [1.82, 2.24) is 4.98 Å². The van der Waals surface area contributed by atoms with Crippen molar-refractivity contribution in [3.05, 3.63) is 88.9 Å². The second-order valence-electron chi connectivity index (χ2n) is 11.1. The Balaban J connectivity index is 1.27. The van der Waals surface area contributed by atoms with Crippen LogP contribution < -0.4 is 9.64 Å². The number of pyridine rings is 1. The molecule has 1 aromatic heterocycles. The molecule has 1 saturated carbocycles. The summed E-state index contributed by atoms with van der Waals surface area (Å²) >= 11 is 6.48. The number of carbonyl (C=O) groups is 4. The van der Waals surface area contributed by atoms with Crippen LogP contribution in [0.25, 0.3) is 22.2 Å². The number of rotatable bonds is 7. The Labute approximate surface area is 253 Å². The summed E-state index contributed by atoms with van der Waals surface area (Å²) in [5.41, 5.74) is 2.57. The van der Waals surface area contributed by atoms with Crippen LogP contribution in [0.1, 0.15) is 46.9 Å². The number of methoxy groups -OCH3 is 1. The number of para-hydroxylation sites is 1. The van der Waals surface area contributed by atoms with E-state index in [4.69, 9.17) is 26.1 Å². The number of fused-ring (bicyclic) bond motifs is 2. The number of Topliss-reactive ketones (excluding diaryl/α,β-unsaturated/α-hetero) is 1. The van der Waals surface area contributed by atoms with Crippen LogP contribution in [0.3, 0.4) is 0 Å². The van der Waals surface area contributed by atoms with Crippen molar-refractivity contribution in [1.29, 1.82) is 0 Å². The first-order valence-corrected chi connectivity index (χ1v) is 14.5. The fourth-order valence-corrected chi connectivity index (χ4v) is 6.26. The van der Waals surface area contributed by atoms with Crippen molar-refractivity contribution < 1.29 is 28.7 Å². The summed E-state index contributed by atoms with van der Waals surface area (Å²) in [5.74, 6) is -0.923. The van der Waals surface area contributed by atoms with E-state index < -0.39 is 12.6 Å². The highest BCUT2D eigenvalue weighted by Gasteiger charge is 2.49. The molecule has 1 saturated heterocycles. The summed E-state index contributed by atoms with van der Waals surface area (Å²) in [7, 11) is 1.51. The van der Waals surface area contributed by atoms with Crippen LogP contribution in [0.5, 0.6) is 5.75 Å². The standard InChI is InChI=1S/C34H29ClN2O6/c1-19-9-14-25-26(15-19)33(40)37(32(25)39)22-12-10-20(11-13-22)29-17-27(24-7-4-8-28(35)31(24)36-29)34(41)43-18-30(38)21-5-3-6-23(16-21)42-2/h3-8,10-13,16-17,19,25-26H,9,14-15,18H2,1-2H3. The SMILES string of the molecule is COc1cccc(C(=O)COC(=O)c2cc(-c3ccc(N4C(=O)C5CCC(C)CC5C4=O)cc3)nc3c(Cl)cccc23)c1. The summed E-state index contributed by atoms with van der Waals surface area (Å²) in [6.45, 7) is 1.66. The number of amides is 2. The predicted octanol–water partition coefficient (Wildman–Crippen LogP) is 6.53. The smallest absolute Gasteiger partial charge is 0.339 e. The highest BCUT2D eigenvalue weighted by atomic mass is 35.5. The van der Waals surface area contributed by atoms with Gasteiger partial charge in [0, 0.05) is 16.5 Å². The maximum atomic E-state index is 13.3. The van der Waals surface area contributed by atoms with Gasteiger partial charge in [-0.3, -0.25) is 19.3 Å². The fourth-order valence-electron chi connectivity index (χ4n) is 6.04. The summed E-state index contributed by atoms with van der Waals surface area (Å²) < 4.78 is 10.6.